The molecule has 27 heavy (non-hydrogen) atoms. The van der Waals surface area contributed by atoms with Gasteiger partial charge in [-0.25, -0.2) is 4.68 Å². The molecule has 0 N–H and O–H groups in total. The second-order valence-electron chi connectivity index (χ2n) is 7.94. The molecule has 1 saturated heterocycles. The molecule has 2 aliphatic heterocycles. The summed E-state index contributed by atoms with van der Waals surface area (Å²) in [5, 5.41) is 4.37. The predicted octanol–water partition coefficient (Wildman–Crippen LogP) is 0.631. The van der Waals surface area contributed by atoms with Gasteiger partial charge in [-0.2, -0.15) is 5.10 Å². The third-order valence-corrected chi connectivity index (χ3v) is 5.21. The number of aromatic nitrogens is 4. The molecule has 0 saturated carbocycles. The smallest absolute Gasteiger partial charge is 0.332 e. The number of hydrogen-bond donors (Lipinski definition) is 0. The van der Waals surface area contributed by atoms with Crippen LogP contribution in [0.25, 0.3) is 0 Å². The minimum Gasteiger partial charge on any atom is -0.364 e. The molecule has 1 spiro atoms. The fraction of sp³-hybridized carbons (Fsp3) is 0.579. The van der Waals surface area contributed by atoms with Crippen molar-refractivity contribution in [2.45, 2.75) is 52.1 Å². The molecule has 1 fully saturated rings. The summed E-state index contributed by atoms with van der Waals surface area (Å²) in [5.74, 6) is 0.775. The van der Waals surface area contributed by atoms with Gasteiger partial charge in [0.1, 0.15) is 12.2 Å². The van der Waals surface area contributed by atoms with E-state index in [1.54, 1.807) is 6.20 Å². The summed E-state index contributed by atoms with van der Waals surface area (Å²) in [7, 11) is 0. The first-order valence-corrected chi connectivity index (χ1v) is 9.43. The maximum Gasteiger partial charge on any atom is 0.332 e. The normalized spacial score (nSPS) is 22.5. The summed E-state index contributed by atoms with van der Waals surface area (Å²) in [6, 6.07) is 5.89. The number of ether oxygens (including phenoxy) is 1. The van der Waals surface area contributed by atoms with Crippen molar-refractivity contribution in [3.8, 4) is 0 Å². The number of fused-ring (bicyclic) bond motifs is 1. The minimum absolute atomic E-state index is 0.239. The van der Waals surface area contributed by atoms with Gasteiger partial charge >= 0.3 is 11.1 Å². The van der Waals surface area contributed by atoms with Gasteiger partial charge in [0.15, 0.2) is 5.82 Å². The summed E-state index contributed by atoms with van der Waals surface area (Å²) in [6.07, 6.45) is 2.61. The Bertz CT molecular complexity index is 937. The molecule has 2 aromatic rings. The molecule has 4 heterocycles. The van der Waals surface area contributed by atoms with Crippen LogP contribution in [0.1, 0.15) is 31.8 Å². The van der Waals surface area contributed by atoms with Crippen molar-refractivity contribution in [2.75, 3.05) is 13.1 Å². The van der Waals surface area contributed by atoms with Crippen molar-refractivity contribution in [3.05, 3.63) is 56.6 Å². The van der Waals surface area contributed by atoms with Gasteiger partial charge in [0.25, 0.3) is 0 Å². The second kappa shape index (κ2) is 7.01. The van der Waals surface area contributed by atoms with Gasteiger partial charge in [-0.05, 0) is 24.5 Å². The average Bonchev–Trinajstić information content (AvgIpc) is 3.03. The maximum absolute atomic E-state index is 12.6. The zero-order valence-corrected chi connectivity index (χ0v) is 15.8. The van der Waals surface area contributed by atoms with Gasteiger partial charge < -0.3 is 4.74 Å². The van der Waals surface area contributed by atoms with Gasteiger partial charge in [0, 0.05) is 32.4 Å². The van der Waals surface area contributed by atoms with E-state index in [-0.39, 0.29) is 12.5 Å². The molecule has 144 valence electrons. The molecule has 0 aliphatic carbocycles. The van der Waals surface area contributed by atoms with Crippen LogP contribution in [0.3, 0.4) is 0 Å². The van der Waals surface area contributed by atoms with Crippen LogP contribution in [0.4, 0.5) is 0 Å². The minimum atomic E-state index is -0.548. The molecule has 0 bridgehead atoms. The first-order chi connectivity index (χ1) is 13.0. The Morgan fingerprint density at radius 2 is 2.07 bits per heavy atom. The first kappa shape index (κ1) is 18.1. The Hall–Kier alpha value is -2.32. The van der Waals surface area contributed by atoms with Crippen molar-refractivity contribution in [1.82, 2.24) is 24.2 Å². The van der Waals surface area contributed by atoms with Gasteiger partial charge in [-0.3, -0.25) is 24.0 Å². The lowest BCUT2D eigenvalue weighted by atomic mass is 10.0. The topological polar surface area (TPSA) is 82.3 Å². The highest BCUT2D eigenvalue weighted by Gasteiger charge is 2.43. The first-order valence-electron chi connectivity index (χ1n) is 9.43. The van der Waals surface area contributed by atoms with Crippen LogP contribution in [0.15, 0.2) is 34.0 Å². The van der Waals surface area contributed by atoms with Crippen molar-refractivity contribution in [2.24, 2.45) is 5.92 Å². The quantitative estimate of drug-likeness (QED) is 0.734. The van der Waals surface area contributed by atoms with E-state index in [4.69, 9.17) is 4.74 Å². The molecule has 8 heteroatoms. The highest BCUT2D eigenvalue weighted by molar-refractivity contribution is 5.06. The zero-order chi connectivity index (χ0) is 19.0. The molecular formula is C19H25N5O3. The Morgan fingerprint density at radius 1 is 1.22 bits per heavy atom. The molecule has 0 radical (unpaired) electrons. The molecule has 1 atom stereocenters. The molecule has 0 unspecified atom stereocenters. The van der Waals surface area contributed by atoms with Crippen LogP contribution in [0.5, 0.6) is 0 Å². The Labute approximate surface area is 157 Å². The van der Waals surface area contributed by atoms with Crippen molar-refractivity contribution < 1.29 is 4.74 Å². The van der Waals surface area contributed by atoms with Crippen LogP contribution < -0.4 is 11.1 Å². The van der Waals surface area contributed by atoms with Crippen LogP contribution in [-0.4, -0.2) is 42.9 Å². The number of likely N-dealkylation sites (tertiary alicyclic amines) is 1. The Balaban J connectivity index is 1.54. The SMILES string of the molecule is CC(C)Cn1nc2n(c(=O)c1=O)C[C@]1(CCN(Cc3ccccn3)C1)OC2. The van der Waals surface area contributed by atoms with E-state index in [0.717, 1.165) is 25.2 Å². The standard InChI is InChI=1S/C19H25N5O3/c1-14(2)9-24-18(26)17(25)23-13-19(27-11-16(23)21-24)6-8-22(12-19)10-15-5-3-4-7-20-15/h3-5,7,14H,6,8-13H2,1-2H3/t19-/m1/s1. The van der Waals surface area contributed by atoms with Crippen molar-refractivity contribution in [1.29, 1.82) is 0 Å². The lowest BCUT2D eigenvalue weighted by molar-refractivity contribution is -0.0860. The number of pyridine rings is 1. The van der Waals surface area contributed by atoms with E-state index in [0.29, 0.717) is 25.5 Å². The van der Waals surface area contributed by atoms with Crippen LogP contribution >= 0.6 is 0 Å². The second-order valence-corrected chi connectivity index (χ2v) is 7.94. The molecule has 0 aromatic carbocycles. The van der Waals surface area contributed by atoms with E-state index in [2.05, 4.69) is 15.0 Å². The summed E-state index contributed by atoms with van der Waals surface area (Å²) < 4.78 is 8.98. The summed E-state index contributed by atoms with van der Waals surface area (Å²) in [4.78, 5) is 31.7. The number of nitrogens with zero attached hydrogens (tertiary/aromatic N) is 5. The van der Waals surface area contributed by atoms with Crippen LogP contribution in [0.2, 0.25) is 0 Å². The van der Waals surface area contributed by atoms with Crippen LogP contribution in [-0.2, 0) is 31.0 Å². The Morgan fingerprint density at radius 3 is 2.81 bits per heavy atom. The Kier molecular flexibility index (Phi) is 4.69. The average molecular weight is 371 g/mol. The van der Waals surface area contributed by atoms with Gasteiger partial charge in [0.05, 0.1) is 12.2 Å². The highest BCUT2D eigenvalue weighted by atomic mass is 16.5. The van der Waals surface area contributed by atoms with Crippen molar-refractivity contribution in [3.63, 3.8) is 0 Å². The van der Waals surface area contributed by atoms with E-state index >= 15 is 0 Å². The third-order valence-electron chi connectivity index (χ3n) is 5.21. The highest BCUT2D eigenvalue weighted by Crippen LogP contribution is 2.31. The predicted molar refractivity (Wildman–Crippen MR) is 99.2 cm³/mol. The zero-order valence-electron chi connectivity index (χ0n) is 15.8. The van der Waals surface area contributed by atoms with E-state index in [1.807, 2.05) is 32.0 Å². The van der Waals surface area contributed by atoms with E-state index in [9.17, 15) is 9.59 Å². The lowest BCUT2D eigenvalue weighted by Gasteiger charge is -2.35. The van der Waals surface area contributed by atoms with Gasteiger partial charge in [0.2, 0.25) is 0 Å². The molecule has 2 aliphatic rings. The maximum atomic E-state index is 12.6. The van der Waals surface area contributed by atoms with Gasteiger partial charge in [-0.15, -0.1) is 0 Å². The molecule has 8 nitrogen and oxygen atoms in total. The molecular weight excluding hydrogens is 346 g/mol. The number of hydrogen-bond acceptors (Lipinski definition) is 6. The molecule has 2 aromatic heterocycles. The third kappa shape index (κ3) is 3.59. The lowest BCUT2D eigenvalue weighted by Crippen LogP contribution is -2.53. The molecule has 0 amide bonds. The van der Waals surface area contributed by atoms with Crippen molar-refractivity contribution >= 4 is 0 Å². The summed E-state index contributed by atoms with van der Waals surface area (Å²) in [5.41, 5.74) is -0.468. The van der Waals surface area contributed by atoms with Crippen LogP contribution in [0, 0.1) is 5.92 Å². The number of rotatable bonds is 4. The summed E-state index contributed by atoms with van der Waals surface area (Å²) >= 11 is 0. The van der Waals surface area contributed by atoms with E-state index < -0.39 is 16.7 Å². The monoisotopic (exact) mass is 371 g/mol. The molecule has 4 rings (SSSR count). The largest absolute Gasteiger partial charge is 0.364 e. The fourth-order valence-corrected chi connectivity index (χ4v) is 3.90. The van der Waals surface area contributed by atoms with Gasteiger partial charge in [-0.1, -0.05) is 19.9 Å². The summed E-state index contributed by atoms with van der Waals surface area (Å²) in [6.45, 7) is 7.39. The fourth-order valence-electron chi connectivity index (χ4n) is 3.90. The van der Waals surface area contributed by atoms with E-state index in [1.165, 1.54) is 9.25 Å².